The van der Waals surface area contributed by atoms with Gasteiger partial charge in [-0.25, -0.2) is 0 Å². The molecule has 18 heavy (non-hydrogen) atoms. The van der Waals surface area contributed by atoms with Gasteiger partial charge >= 0.3 is 0 Å². The van der Waals surface area contributed by atoms with E-state index in [4.69, 9.17) is 4.74 Å². The zero-order chi connectivity index (χ0) is 12.5. The number of carbonyl (C=O) groups excluding carboxylic acids is 1. The van der Waals surface area contributed by atoms with Crippen molar-refractivity contribution in [2.45, 2.75) is 25.0 Å². The Morgan fingerprint density at radius 1 is 1.44 bits per heavy atom. The summed E-state index contributed by atoms with van der Waals surface area (Å²) in [5.41, 5.74) is 2.08. The quantitative estimate of drug-likeness (QED) is 0.878. The van der Waals surface area contributed by atoms with Crippen LogP contribution in [0, 0.1) is 0 Å². The maximum Gasteiger partial charge on any atom is 0.248 e. The predicted molar refractivity (Wildman–Crippen MR) is 69.6 cm³/mol. The number of nitrogens with zero attached hydrogens (tertiary/aromatic N) is 1. The number of benzene rings is 1. The first kappa shape index (κ1) is 11.7. The number of para-hydroxylation sites is 1. The van der Waals surface area contributed by atoms with Crippen LogP contribution in [0.25, 0.3) is 0 Å². The third-order valence-corrected chi connectivity index (χ3v) is 3.76. The molecule has 4 heteroatoms. The van der Waals surface area contributed by atoms with Crippen molar-refractivity contribution in [3.8, 4) is 0 Å². The number of rotatable bonds is 3. The molecule has 1 unspecified atom stereocenters. The fraction of sp³-hybridized carbons (Fsp3) is 0.500. The van der Waals surface area contributed by atoms with E-state index < -0.39 is 0 Å². The molecule has 0 saturated carbocycles. The Balaban J connectivity index is 1.73. The summed E-state index contributed by atoms with van der Waals surface area (Å²) in [5.74, 6) is 0.120. The van der Waals surface area contributed by atoms with Crippen molar-refractivity contribution in [1.29, 1.82) is 0 Å². The molecule has 2 aliphatic rings. The predicted octanol–water partition coefficient (Wildman–Crippen LogP) is 1.47. The summed E-state index contributed by atoms with van der Waals surface area (Å²) in [4.78, 5) is 13.9. The second-order valence-electron chi connectivity index (χ2n) is 4.93. The molecule has 2 aliphatic heterocycles. The van der Waals surface area contributed by atoms with Crippen molar-refractivity contribution >= 4 is 11.6 Å². The Morgan fingerprint density at radius 2 is 2.28 bits per heavy atom. The number of likely N-dealkylation sites (N-methyl/N-ethyl adjacent to an activating group) is 1. The Hall–Kier alpha value is -1.39. The fourth-order valence-electron chi connectivity index (χ4n) is 2.73. The number of hydrogen-bond acceptors (Lipinski definition) is 3. The van der Waals surface area contributed by atoms with Crippen LogP contribution in [0.5, 0.6) is 0 Å². The Kier molecular flexibility index (Phi) is 3.06. The van der Waals surface area contributed by atoms with Crippen molar-refractivity contribution in [2.24, 2.45) is 0 Å². The first-order valence-electron chi connectivity index (χ1n) is 6.49. The van der Waals surface area contributed by atoms with Gasteiger partial charge in [-0.15, -0.1) is 0 Å². The maximum atomic E-state index is 12.2. The van der Waals surface area contributed by atoms with Crippen LogP contribution in [0.2, 0.25) is 0 Å². The van der Waals surface area contributed by atoms with Gasteiger partial charge in [0, 0.05) is 31.5 Å². The van der Waals surface area contributed by atoms with Crippen molar-refractivity contribution < 1.29 is 9.53 Å². The number of ether oxygens (including phenoxy) is 1. The normalized spacial score (nSPS) is 26.7. The summed E-state index contributed by atoms with van der Waals surface area (Å²) in [7, 11) is 1.83. The fourth-order valence-corrected chi connectivity index (χ4v) is 2.73. The highest BCUT2D eigenvalue weighted by Crippen LogP contribution is 2.34. The molecule has 1 amide bonds. The monoisotopic (exact) mass is 246 g/mol. The molecule has 1 aromatic rings. The van der Waals surface area contributed by atoms with Gasteiger partial charge in [-0.2, -0.15) is 0 Å². The third kappa shape index (κ3) is 1.91. The first-order chi connectivity index (χ1) is 8.77. The molecular weight excluding hydrogens is 228 g/mol. The van der Waals surface area contributed by atoms with Crippen LogP contribution in [-0.4, -0.2) is 32.2 Å². The number of fused-ring (bicyclic) bond motifs is 1. The molecule has 0 bridgehead atoms. The van der Waals surface area contributed by atoms with Gasteiger partial charge in [0.05, 0.1) is 6.10 Å². The lowest BCUT2D eigenvalue weighted by Gasteiger charge is -2.16. The number of amides is 1. The van der Waals surface area contributed by atoms with E-state index in [0.717, 1.165) is 37.2 Å². The lowest BCUT2D eigenvalue weighted by atomic mass is 10.1. The molecule has 0 aromatic heterocycles. The van der Waals surface area contributed by atoms with Crippen LogP contribution >= 0.6 is 0 Å². The van der Waals surface area contributed by atoms with E-state index in [1.807, 2.05) is 31.3 Å². The van der Waals surface area contributed by atoms with Crippen LogP contribution in [0.15, 0.2) is 24.3 Å². The van der Waals surface area contributed by atoms with Gasteiger partial charge in [0.15, 0.2) is 0 Å². The standard InChI is InChI=1S/C14H18N2O2/c1-16-12-7-3-2-6-11(12)13(14(16)17)15-9-10-5-4-8-18-10/h2-3,6-7,10,13,15H,4-5,8-9H2,1H3/t10-,13?/m0/s1. The largest absolute Gasteiger partial charge is 0.377 e. The highest BCUT2D eigenvalue weighted by Gasteiger charge is 2.34. The molecule has 4 nitrogen and oxygen atoms in total. The van der Waals surface area contributed by atoms with Gasteiger partial charge in [0.25, 0.3) is 0 Å². The van der Waals surface area contributed by atoms with E-state index in [1.165, 1.54) is 0 Å². The van der Waals surface area contributed by atoms with Crippen molar-refractivity contribution in [3.05, 3.63) is 29.8 Å². The summed E-state index contributed by atoms with van der Waals surface area (Å²) >= 11 is 0. The van der Waals surface area contributed by atoms with Crippen molar-refractivity contribution in [3.63, 3.8) is 0 Å². The van der Waals surface area contributed by atoms with Gasteiger partial charge in [-0.3, -0.25) is 10.1 Å². The van der Waals surface area contributed by atoms with Crippen LogP contribution in [0.3, 0.4) is 0 Å². The average molecular weight is 246 g/mol. The second-order valence-corrected chi connectivity index (χ2v) is 4.93. The lowest BCUT2D eigenvalue weighted by molar-refractivity contribution is -0.119. The summed E-state index contributed by atoms with van der Waals surface area (Å²) in [6.45, 7) is 1.60. The van der Waals surface area contributed by atoms with Gasteiger partial charge in [0.2, 0.25) is 5.91 Å². The minimum atomic E-state index is -0.213. The molecule has 0 radical (unpaired) electrons. The molecule has 1 fully saturated rings. The summed E-state index contributed by atoms with van der Waals surface area (Å²) in [5, 5.41) is 3.34. The van der Waals surface area contributed by atoms with E-state index in [0.29, 0.717) is 0 Å². The van der Waals surface area contributed by atoms with Crippen LogP contribution in [0.1, 0.15) is 24.4 Å². The lowest BCUT2D eigenvalue weighted by Crippen LogP contribution is -2.36. The minimum absolute atomic E-state index is 0.120. The number of carbonyl (C=O) groups is 1. The molecule has 0 spiro atoms. The van der Waals surface area contributed by atoms with Crippen LogP contribution < -0.4 is 10.2 Å². The van der Waals surface area contributed by atoms with E-state index >= 15 is 0 Å². The zero-order valence-electron chi connectivity index (χ0n) is 10.6. The summed E-state index contributed by atoms with van der Waals surface area (Å²) < 4.78 is 5.58. The summed E-state index contributed by atoms with van der Waals surface area (Å²) in [6.07, 6.45) is 2.48. The average Bonchev–Trinajstić information content (AvgIpc) is 2.98. The maximum absolute atomic E-state index is 12.2. The van der Waals surface area contributed by atoms with E-state index in [-0.39, 0.29) is 18.1 Å². The topological polar surface area (TPSA) is 41.6 Å². The van der Waals surface area contributed by atoms with Gasteiger partial charge in [-0.05, 0) is 18.9 Å². The zero-order valence-corrected chi connectivity index (χ0v) is 10.6. The molecule has 96 valence electrons. The van der Waals surface area contributed by atoms with Crippen LogP contribution in [-0.2, 0) is 9.53 Å². The number of hydrogen-bond donors (Lipinski definition) is 1. The van der Waals surface area contributed by atoms with E-state index in [1.54, 1.807) is 4.90 Å². The number of nitrogens with one attached hydrogen (secondary N) is 1. The number of anilines is 1. The second kappa shape index (κ2) is 4.71. The smallest absolute Gasteiger partial charge is 0.248 e. The highest BCUT2D eigenvalue weighted by atomic mass is 16.5. The Morgan fingerprint density at radius 3 is 3.06 bits per heavy atom. The molecule has 1 aromatic carbocycles. The van der Waals surface area contributed by atoms with Gasteiger partial charge < -0.3 is 9.64 Å². The Labute approximate surface area is 107 Å². The molecule has 1 saturated heterocycles. The van der Waals surface area contributed by atoms with Gasteiger partial charge in [0.1, 0.15) is 6.04 Å². The minimum Gasteiger partial charge on any atom is -0.377 e. The molecule has 0 aliphatic carbocycles. The molecule has 3 rings (SSSR count). The molecule has 2 atom stereocenters. The molecular formula is C14H18N2O2. The summed E-state index contributed by atoms with van der Waals surface area (Å²) in [6, 6.07) is 7.73. The van der Waals surface area contributed by atoms with Crippen molar-refractivity contribution in [1.82, 2.24) is 5.32 Å². The molecule has 1 N–H and O–H groups in total. The van der Waals surface area contributed by atoms with E-state index in [9.17, 15) is 4.79 Å². The highest BCUT2D eigenvalue weighted by molar-refractivity contribution is 6.04. The van der Waals surface area contributed by atoms with Gasteiger partial charge in [-0.1, -0.05) is 18.2 Å². The van der Waals surface area contributed by atoms with Crippen molar-refractivity contribution in [2.75, 3.05) is 25.1 Å². The molecule has 2 heterocycles. The Bertz CT molecular complexity index is 455. The van der Waals surface area contributed by atoms with E-state index in [2.05, 4.69) is 5.32 Å². The third-order valence-electron chi connectivity index (χ3n) is 3.76. The SMILES string of the molecule is CN1C(=O)C(NC[C@@H]2CCCO2)c2ccccc21. The first-order valence-corrected chi connectivity index (χ1v) is 6.49. The van der Waals surface area contributed by atoms with Crippen LogP contribution in [0.4, 0.5) is 5.69 Å².